The van der Waals surface area contributed by atoms with Crippen molar-refractivity contribution in [1.29, 1.82) is 0 Å². The number of anilines is 1. The van der Waals surface area contributed by atoms with Crippen LogP contribution in [0.3, 0.4) is 0 Å². The number of rotatable bonds is 3. The van der Waals surface area contributed by atoms with Crippen molar-refractivity contribution in [3.63, 3.8) is 0 Å². The van der Waals surface area contributed by atoms with Gasteiger partial charge < -0.3 is 9.42 Å². The zero-order chi connectivity index (χ0) is 13.9. The number of nitrogens with zero attached hydrogens (tertiary/aromatic N) is 4. The molecule has 106 valence electrons. The molecule has 2 aromatic rings. The second-order valence-electron chi connectivity index (χ2n) is 5.25. The monoisotopic (exact) mass is 272 g/mol. The van der Waals surface area contributed by atoms with Gasteiger partial charge in [0.1, 0.15) is 11.6 Å². The van der Waals surface area contributed by atoms with Crippen LogP contribution in [0.25, 0.3) is 0 Å². The summed E-state index contributed by atoms with van der Waals surface area (Å²) in [7, 11) is 0. The second kappa shape index (κ2) is 5.63. The molecule has 0 saturated carbocycles. The predicted octanol–water partition coefficient (Wildman–Crippen LogP) is 2.01. The van der Waals surface area contributed by atoms with Gasteiger partial charge in [0.25, 0.3) is 0 Å². The minimum atomic E-state index is 0.928. The largest absolute Gasteiger partial charge is 0.361 e. The molecule has 0 aliphatic carbocycles. The summed E-state index contributed by atoms with van der Waals surface area (Å²) in [5, 5.41) is 4.02. The lowest BCUT2D eigenvalue weighted by Crippen LogP contribution is -2.46. The Morgan fingerprint density at radius 1 is 1.15 bits per heavy atom. The first-order valence-corrected chi connectivity index (χ1v) is 7.04. The summed E-state index contributed by atoms with van der Waals surface area (Å²) >= 11 is 0. The van der Waals surface area contributed by atoms with Crippen LogP contribution in [0.15, 0.2) is 28.9 Å². The fourth-order valence-corrected chi connectivity index (χ4v) is 2.63. The SMILES string of the molecule is Cc1noc(C)c1CN1CCN(c2ccccn2)CC1. The summed E-state index contributed by atoms with van der Waals surface area (Å²) in [5.74, 6) is 2.01. The van der Waals surface area contributed by atoms with E-state index in [2.05, 4.69) is 26.0 Å². The number of hydrogen-bond donors (Lipinski definition) is 0. The summed E-state index contributed by atoms with van der Waals surface area (Å²) < 4.78 is 5.23. The van der Waals surface area contributed by atoms with E-state index in [-0.39, 0.29) is 0 Å². The lowest BCUT2D eigenvalue weighted by molar-refractivity contribution is 0.247. The molecule has 1 saturated heterocycles. The van der Waals surface area contributed by atoms with Gasteiger partial charge in [0.2, 0.25) is 0 Å². The van der Waals surface area contributed by atoms with Crippen LogP contribution in [0.1, 0.15) is 17.0 Å². The van der Waals surface area contributed by atoms with Gasteiger partial charge in [0.15, 0.2) is 0 Å². The zero-order valence-electron chi connectivity index (χ0n) is 12.0. The Morgan fingerprint density at radius 2 is 1.95 bits per heavy atom. The maximum atomic E-state index is 5.23. The summed E-state index contributed by atoms with van der Waals surface area (Å²) in [6.07, 6.45) is 1.85. The highest BCUT2D eigenvalue weighted by atomic mass is 16.5. The first-order chi connectivity index (χ1) is 9.74. The Bertz CT molecular complexity index is 539. The normalized spacial score (nSPS) is 16.6. The molecule has 3 rings (SSSR count). The average Bonchev–Trinajstić information content (AvgIpc) is 2.81. The first-order valence-electron chi connectivity index (χ1n) is 7.04. The molecule has 2 aromatic heterocycles. The molecule has 0 spiro atoms. The predicted molar refractivity (Wildman–Crippen MR) is 77.7 cm³/mol. The molecule has 0 radical (unpaired) electrons. The molecule has 1 fully saturated rings. The van der Waals surface area contributed by atoms with Crippen molar-refractivity contribution in [3.8, 4) is 0 Å². The van der Waals surface area contributed by atoms with Gasteiger partial charge in [-0.3, -0.25) is 4.90 Å². The van der Waals surface area contributed by atoms with E-state index in [1.165, 1.54) is 5.56 Å². The lowest BCUT2D eigenvalue weighted by atomic mass is 10.2. The van der Waals surface area contributed by atoms with E-state index >= 15 is 0 Å². The summed E-state index contributed by atoms with van der Waals surface area (Å²) in [5.41, 5.74) is 2.24. The Hall–Kier alpha value is -1.88. The lowest BCUT2D eigenvalue weighted by Gasteiger charge is -2.35. The minimum Gasteiger partial charge on any atom is -0.361 e. The number of hydrogen-bond acceptors (Lipinski definition) is 5. The van der Waals surface area contributed by atoms with Crippen molar-refractivity contribution in [2.45, 2.75) is 20.4 Å². The van der Waals surface area contributed by atoms with Crippen LogP contribution in [0.2, 0.25) is 0 Å². The second-order valence-corrected chi connectivity index (χ2v) is 5.25. The topological polar surface area (TPSA) is 45.4 Å². The third-order valence-corrected chi connectivity index (χ3v) is 3.91. The standard InChI is InChI=1S/C15H20N4O/c1-12-14(13(2)20-17-12)11-18-7-9-19(10-8-18)15-5-3-4-6-16-15/h3-6H,7-11H2,1-2H3. The molecule has 0 unspecified atom stereocenters. The molecular formula is C15H20N4O. The van der Waals surface area contributed by atoms with Crippen LogP contribution in [-0.4, -0.2) is 41.2 Å². The number of pyridine rings is 1. The highest BCUT2D eigenvalue weighted by molar-refractivity contribution is 5.38. The van der Waals surface area contributed by atoms with Crippen molar-refractivity contribution in [2.24, 2.45) is 0 Å². The van der Waals surface area contributed by atoms with E-state index < -0.39 is 0 Å². The van der Waals surface area contributed by atoms with Crippen molar-refractivity contribution in [2.75, 3.05) is 31.1 Å². The zero-order valence-corrected chi connectivity index (χ0v) is 12.0. The molecule has 0 bridgehead atoms. The van der Waals surface area contributed by atoms with Crippen LogP contribution in [0.5, 0.6) is 0 Å². The fourth-order valence-electron chi connectivity index (χ4n) is 2.63. The summed E-state index contributed by atoms with van der Waals surface area (Å²) in [6.45, 7) is 9.04. The van der Waals surface area contributed by atoms with Crippen molar-refractivity contribution in [3.05, 3.63) is 41.4 Å². The van der Waals surface area contributed by atoms with Crippen LogP contribution in [0.4, 0.5) is 5.82 Å². The molecule has 5 heteroatoms. The number of aryl methyl sites for hydroxylation is 2. The first kappa shape index (κ1) is 13.1. The fraction of sp³-hybridized carbons (Fsp3) is 0.467. The summed E-state index contributed by atoms with van der Waals surface area (Å²) in [6, 6.07) is 6.07. The van der Waals surface area contributed by atoms with Gasteiger partial charge in [0, 0.05) is 44.5 Å². The molecule has 0 aromatic carbocycles. The quantitative estimate of drug-likeness (QED) is 0.855. The Balaban J connectivity index is 1.59. The third-order valence-electron chi connectivity index (χ3n) is 3.91. The van der Waals surface area contributed by atoms with Crippen LogP contribution in [-0.2, 0) is 6.54 Å². The minimum absolute atomic E-state index is 0.928. The molecule has 5 nitrogen and oxygen atoms in total. The van der Waals surface area contributed by atoms with Gasteiger partial charge >= 0.3 is 0 Å². The Kier molecular flexibility index (Phi) is 3.69. The number of aromatic nitrogens is 2. The van der Waals surface area contributed by atoms with Crippen molar-refractivity contribution >= 4 is 5.82 Å². The molecule has 1 aliphatic rings. The van der Waals surface area contributed by atoms with Gasteiger partial charge in [-0.2, -0.15) is 0 Å². The molecule has 0 atom stereocenters. The molecule has 20 heavy (non-hydrogen) atoms. The van der Waals surface area contributed by atoms with E-state index in [0.29, 0.717) is 0 Å². The maximum Gasteiger partial charge on any atom is 0.138 e. The van der Waals surface area contributed by atoms with Gasteiger partial charge in [-0.15, -0.1) is 0 Å². The average molecular weight is 272 g/mol. The van der Waals surface area contributed by atoms with Crippen LogP contribution >= 0.6 is 0 Å². The van der Waals surface area contributed by atoms with E-state index in [4.69, 9.17) is 4.52 Å². The van der Waals surface area contributed by atoms with Gasteiger partial charge in [-0.05, 0) is 26.0 Å². The molecular weight excluding hydrogens is 252 g/mol. The van der Waals surface area contributed by atoms with Crippen LogP contribution in [0, 0.1) is 13.8 Å². The van der Waals surface area contributed by atoms with E-state index in [1.54, 1.807) is 0 Å². The highest BCUT2D eigenvalue weighted by Gasteiger charge is 2.20. The van der Waals surface area contributed by atoms with E-state index in [0.717, 1.165) is 50.0 Å². The number of piperazine rings is 1. The van der Waals surface area contributed by atoms with Gasteiger partial charge in [-0.1, -0.05) is 11.2 Å². The molecule has 3 heterocycles. The van der Waals surface area contributed by atoms with Gasteiger partial charge in [0.05, 0.1) is 5.69 Å². The third kappa shape index (κ3) is 2.67. The Labute approximate surface area is 119 Å². The van der Waals surface area contributed by atoms with Crippen molar-refractivity contribution < 1.29 is 4.52 Å². The van der Waals surface area contributed by atoms with E-state index in [1.807, 2.05) is 32.2 Å². The smallest absolute Gasteiger partial charge is 0.138 e. The van der Waals surface area contributed by atoms with Crippen molar-refractivity contribution in [1.82, 2.24) is 15.0 Å². The van der Waals surface area contributed by atoms with E-state index in [9.17, 15) is 0 Å². The maximum absolute atomic E-state index is 5.23. The highest BCUT2D eigenvalue weighted by Crippen LogP contribution is 2.18. The van der Waals surface area contributed by atoms with Crippen LogP contribution < -0.4 is 4.90 Å². The Morgan fingerprint density at radius 3 is 2.55 bits per heavy atom. The molecule has 0 N–H and O–H groups in total. The summed E-state index contributed by atoms with van der Waals surface area (Å²) in [4.78, 5) is 9.20. The van der Waals surface area contributed by atoms with Gasteiger partial charge in [-0.25, -0.2) is 4.98 Å². The molecule has 0 amide bonds. The molecule has 1 aliphatic heterocycles.